The molecule has 1 aliphatic heterocycles. The van der Waals surface area contributed by atoms with E-state index in [1.807, 2.05) is 13.8 Å². The topological polar surface area (TPSA) is 32.7 Å². The van der Waals surface area contributed by atoms with Crippen molar-refractivity contribution in [1.82, 2.24) is 4.90 Å². The van der Waals surface area contributed by atoms with E-state index in [0.717, 1.165) is 39.3 Å². The van der Waals surface area contributed by atoms with Crippen molar-refractivity contribution in [2.45, 2.75) is 32.8 Å². The predicted molar refractivity (Wildman–Crippen MR) is 57.3 cm³/mol. The van der Waals surface area contributed by atoms with Gasteiger partial charge in [0, 0.05) is 19.6 Å². The quantitative estimate of drug-likeness (QED) is 0.742. The molecule has 0 aromatic heterocycles. The number of rotatable bonds is 3. The van der Waals surface area contributed by atoms with Crippen molar-refractivity contribution in [2.24, 2.45) is 5.92 Å². The van der Waals surface area contributed by atoms with Gasteiger partial charge in [-0.15, -0.1) is 0 Å². The van der Waals surface area contributed by atoms with Crippen molar-refractivity contribution >= 4 is 0 Å². The fourth-order valence-electron chi connectivity index (χ4n) is 1.70. The van der Waals surface area contributed by atoms with Crippen LogP contribution in [0.25, 0.3) is 0 Å². The normalized spacial score (nSPS) is 26.1. The Morgan fingerprint density at radius 3 is 2.86 bits per heavy atom. The molecule has 84 valence electrons. The van der Waals surface area contributed by atoms with E-state index in [9.17, 15) is 5.11 Å². The van der Waals surface area contributed by atoms with Crippen LogP contribution in [-0.2, 0) is 4.74 Å². The molecule has 1 saturated heterocycles. The summed E-state index contributed by atoms with van der Waals surface area (Å²) in [5.74, 6) is 0.610. The average molecular weight is 201 g/mol. The third-order valence-electron chi connectivity index (χ3n) is 2.56. The summed E-state index contributed by atoms with van der Waals surface area (Å²) in [5, 5.41) is 9.63. The highest BCUT2D eigenvalue weighted by Crippen LogP contribution is 2.11. The van der Waals surface area contributed by atoms with Gasteiger partial charge >= 0.3 is 0 Å². The lowest BCUT2D eigenvalue weighted by molar-refractivity contribution is 0.0563. The molecule has 1 N–H and O–H groups in total. The molecule has 0 aromatic carbocycles. The average Bonchev–Trinajstić information content (AvgIpc) is 2.25. The smallest absolute Gasteiger partial charge is 0.0603 e. The zero-order chi connectivity index (χ0) is 10.6. The number of ether oxygens (including phenoxy) is 1. The Balaban J connectivity index is 2.28. The minimum Gasteiger partial charge on any atom is -0.390 e. The minimum atomic E-state index is -0.545. The van der Waals surface area contributed by atoms with Gasteiger partial charge in [0.15, 0.2) is 0 Å². The Hall–Kier alpha value is -0.120. The summed E-state index contributed by atoms with van der Waals surface area (Å²) in [6.07, 6.45) is 0.833. The Morgan fingerprint density at radius 1 is 1.50 bits per heavy atom. The summed E-state index contributed by atoms with van der Waals surface area (Å²) in [7, 11) is 0. The first-order chi connectivity index (χ1) is 6.47. The molecule has 0 aromatic rings. The number of hydrogen-bond donors (Lipinski definition) is 1. The van der Waals surface area contributed by atoms with Crippen molar-refractivity contribution in [1.29, 1.82) is 0 Å². The van der Waals surface area contributed by atoms with Gasteiger partial charge in [-0.2, -0.15) is 0 Å². The van der Waals surface area contributed by atoms with Gasteiger partial charge in [-0.25, -0.2) is 0 Å². The summed E-state index contributed by atoms with van der Waals surface area (Å²) < 4.78 is 5.46. The maximum Gasteiger partial charge on any atom is 0.0603 e. The standard InChI is InChI=1S/C11H23NO2/c1-10-8-12(6-7-14-9-10)5-4-11(2,3)13/h10,13H,4-9H2,1-3H3. The second kappa shape index (κ2) is 5.10. The maximum absolute atomic E-state index is 9.63. The summed E-state index contributed by atoms with van der Waals surface area (Å²) in [6.45, 7) is 10.7. The second-order valence-electron chi connectivity index (χ2n) is 5.04. The van der Waals surface area contributed by atoms with Gasteiger partial charge in [0.2, 0.25) is 0 Å². The summed E-state index contributed by atoms with van der Waals surface area (Å²) in [6, 6.07) is 0. The fraction of sp³-hybridized carbons (Fsp3) is 1.00. The van der Waals surface area contributed by atoms with E-state index in [0.29, 0.717) is 5.92 Å². The Kier molecular flexibility index (Phi) is 4.35. The lowest BCUT2D eigenvalue weighted by atomic mass is 10.1. The Labute approximate surface area is 87.1 Å². The van der Waals surface area contributed by atoms with Crippen molar-refractivity contribution in [3.8, 4) is 0 Å². The minimum absolute atomic E-state index is 0.545. The highest BCUT2D eigenvalue weighted by molar-refractivity contribution is 4.71. The maximum atomic E-state index is 9.63. The van der Waals surface area contributed by atoms with Crippen molar-refractivity contribution in [3.05, 3.63) is 0 Å². The molecule has 0 radical (unpaired) electrons. The molecule has 1 unspecified atom stereocenters. The molecule has 0 amide bonds. The van der Waals surface area contributed by atoms with Crippen LogP contribution in [0.5, 0.6) is 0 Å². The largest absolute Gasteiger partial charge is 0.390 e. The third-order valence-corrected chi connectivity index (χ3v) is 2.56. The van der Waals surface area contributed by atoms with Crippen LogP contribution in [0.4, 0.5) is 0 Å². The lowest BCUT2D eigenvalue weighted by Crippen LogP contribution is -2.34. The molecular formula is C11H23NO2. The molecule has 0 saturated carbocycles. The first kappa shape index (κ1) is 12.0. The molecule has 14 heavy (non-hydrogen) atoms. The monoisotopic (exact) mass is 201 g/mol. The lowest BCUT2D eigenvalue weighted by Gasteiger charge is -2.25. The molecule has 3 nitrogen and oxygen atoms in total. The van der Waals surface area contributed by atoms with E-state index in [-0.39, 0.29) is 0 Å². The highest BCUT2D eigenvalue weighted by atomic mass is 16.5. The molecule has 1 heterocycles. The zero-order valence-corrected chi connectivity index (χ0v) is 9.62. The van der Waals surface area contributed by atoms with Gasteiger partial charge in [0.25, 0.3) is 0 Å². The summed E-state index contributed by atoms with van der Waals surface area (Å²) in [5.41, 5.74) is -0.545. The van der Waals surface area contributed by atoms with Crippen LogP contribution in [0.15, 0.2) is 0 Å². The van der Waals surface area contributed by atoms with Gasteiger partial charge in [0.1, 0.15) is 0 Å². The van der Waals surface area contributed by atoms with Gasteiger partial charge in [-0.3, -0.25) is 0 Å². The van der Waals surface area contributed by atoms with Crippen LogP contribution in [-0.4, -0.2) is 48.5 Å². The molecule has 1 fully saturated rings. The molecule has 0 bridgehead atoms. The molecule has 0 spiro atoms. The number of aliphatic hydroxyl groups is 1. The number of hydrogen-bond acceptors (Lipinski definition) is 3. The van der Waals surface area contributed by atoms with E-state index >= 15 is 0 Å². The van der Waals surface area contributed by atoms with Gasteiger partial charge in [0.05, 0.1) is 18.8 Å². The third kappa shape index (κ3) is 4.94. The molecule has 0 aliphatic carbocycles. The Morgan fingerprint density at radius 2 is 2.21 bits per heavy atom. The van der Waals surface area contributed by atoms with E-state index < -0.39 is 5.60 Å². The van der Waals surface area contributed by atoms with E-state index in [1.54, 1.807) is 0 Å². The van der Waals surface area contributed by atoms with Crippen LogP contribution in [0, 0.1) is 5.92 Å². The fourth-order valence-corrected chi connectivity index (χ4v) is 1.70. The van der Waals surface area contributed by atoms with Gasteiger partial charge in [-0.05, 0) is 26.2 Å². The van der Waals surface area contributed by atoms with Crippen LogP contribution in [0.3, 0.4) is 0 Å². The highest BCUT2D eigenvalue weighted by Gasteiger charge is 2.18. The zero-order valence-electron chi connectivity index (χ0n) is 9.62. The molecule has 3 heteroatoms. The summed E-state index contributed by atoms with van der Waals surface area (Å²) >= 11 is 0. The van der Waals surface area contributed by atoms with Crippen LogP contribution in [0.1, 0.15) is 27.2 Å². The predicted octanol–water partition coefficient (Wildman–Crippen LogP) is 1.12. The van der Waals surface area contributed by atoms with Crippen LogP contribution >= 0.6 is 0 Å². The first-order valence-electron chi connectivity index (χ1n) is 5.50. The van der Waals surface area contributed by atoms with Gasteiger partial charge < -0.3 is 14.7 Å². The van der Waals surface area contributed by atoms with Crippen LogP contribution < -0.4 is 0 Å². The number of nitrogens with zero attached hydrogens (tertiary/aromatic N) is 1. The summed E-state index contributed by atoms with van der Waals surface area (Å²) in [4.78, 5) is 2.38. The second-order valence-corrected chi connectivity index (χ2v) is 5.04. The first-order valence-corrected chi connectivity index (χ1v) is 5.50. The van der Waals surface area contributed by atoms with Crippen LogP contribution in [0.2, 0.25) is 0 Å². The molecule has 1 rings (SSSR count). The van der Waals surface area contributed by atoms with E-state index in [4.69, 9.17) is 4.74 Å². The Bertz CT molecular complexity index is 165. The SMILES string of the molecule is CC1COCCN(CCC(C)(C)O)C1. The van der Waals surface area contributed by atoms with Crippen molar-refractivity contribution in [3.63, 3.8) is 0 Å². The van der Waals surface area contributed by atoms with Crippen molar-refractivity contribution < 1.29 is 9.84 Å². The van der Waals surface area contributed by atoms with E-state index in [1.165, 1.54) is 0 Å². The molecule has 1 atom stereocenters. The van der Waals surface area contributed by atoms with E-state index in [2.05, 4.69) is 11.8 Å². The molecule has 1 aliphatic rings. The molecular weight excluding hydrogens is 178 g/mol. The van der Waals surface area contributed by atoms with Crippen molar-refractivity contribution in [2.75, 3.05) is 32.8 Å². The van der Waals surface area contributed by atoms with Gasteiger partial charge in [-0.1, -0.05) is 6.92 Å².